The van der Waals surface area contributed by atoms with E-state index < -0.39 is 17.3 Å². The van der Waals surface area contributed by atoms with Gasteiger partial charge >= 0.3 is 5.97 Å². The molecule has 39 heavy (non-hydrogen) atoms. The number of carbonyl (C=O) groups is 6. The predicted octanol–water partition coefficient (Wildman–Crippen LogP) is 0.968. The third-order valence-corrected chi connectivity index (χ3v) is 9.40. The number of rotatable bonds is 6. The summed E-state index contributed by atoms with van der Waals surface area (Å²) in [6.07, 6.45) is 4.90. The number of ether oxygens (including phenoxy) is 1. The molecule has 15 heteroatoms. The van der Waals surface area contributed by atoms with Crippen LogP contribution in [0.25, 0.3) is 0 Å². The van der Waals surface area contributed by atoms with E-state index in [9.17, 15) is 28.8 Å². The molecule has 6 rings (SSSR count). The van der Waals surface area contributed by atoms with Crippen molar-refractivity contribution in [3.63, 3.8) is 0 Å². The van der Waals surface area contributed by atoms with Crippen LogP contribution in [0.3, 0.4) is 0 Å². The zero-order valence-electron chi connectivity index (χ0n) is 20.9. The number of hydrogen-bond acceptors (Lipinski definition) is 12. The monoisotopic (exact) mass is 574 g/mol. The van der Waals surface area contributed by atoms with Gasteiger partial charge < -0.3 is 14.5 Å². The second kappa shape index (κ2) is 10.4. The van der Waals surface area contributed by atoms with Gasteiger partial charge in [-0.2, -0.15) is 0 Å². The topological polar surface area (TPSA) is 150 Å². The molecule has 2 bridgehead atoms. The predicted molar refractivity (Wildman–Crippen MR) is 139 cm³/mol. The van der Waals surface area contributed by atoms with Crippen LogP contribution < -0.4 is 4.90 Å². The summed E-state index contributed by atoms with van der Waals surface area (Å²) >= 11 is 1.79. The Bertz CT molecular complexity index is 1250. The van der Waals surface area contributed by atoms with Crippen LogP contribution in [-0.4, -0.2) is 109 Å². The molecule has 5 aliphatic rings. The van der Waals surface area contributed by atoms with Crippen LogP contribution in [0, 0.1) is 0 Å². The number of amides is 5. The Balaban J connectivity index is 1.10. The highest BCUT2D eigenvalue weighted by Gasteiger charge is 2.45. The Kier molecular flexibility index (Phi) is 6.95. The molecule has 0 unspecified atom stereocenters. The summed E-state index contributed by atoms with van der Waals surface area (Å²) in [5, 5.41) is -0.815. The molecule has 5 aliphatic heterocycles. The van der Waals surface area contributed by atoms with Crippen LogP contribution in [0.4, 0.5) is 15.5 Å². The second-order valence-electron chi connectivity index (χ2n) is 10.1. The first-order valence-electron chi connectivity index (χ1n) is 12.8. The number of imide groups is 2. The van der Waals surface area contributed by atoms with Gasteiger partial charge in [-0.25, -0.2) is 9.97 Å². The highest BCUT2D eigenvalue weighted by atomic mass is 32.2. The van der Waals surface area contributed by atoms with Crippen molar-refractivity contribution in [2.24, 2.45) is 0 Å². The molecular weight excluding hydrogens is 548 g/mol. The van der Waals surface area contributed by atoms with Crippen molar-refractivity contribution < 1.29 is 33.5 Å². The Morgan fingerprint density at radius 1 is 0.974 bits per heavy atom. The van der Waals surface area contributed by atoms with Crippen molar-refractivity contribution >= 4 is 63.6 Å². The fourth-order valence-electron chi connectivity index (χ4n) is 5.85. The Hall–Kier alpha value is -3.20. The molecule has 0 aliphatic carbocycles. The maximum Gasteiger partial charge on any atom is 0.326 e. The first kappa shape index (κ1) is 26.0. The average molecular weight is 575 g/mol. The van der Waals surface area contributed by atoms with Gasteiger partial charge in [0.25, 0.3) is 10.5 Å². The smallest absolute Gasteiger partial charge is 0.326 e. The minimum Gasteiger partial charge on any atom is -0.459 e. The third kappa shape index (κ3) is 4.97. The molecule has 1 aromatic rings. The summed E-state index contributed by atoms with van der Waals surface area (Å²) < 4.78 is 5.58. The van der Waals surface area contributed by atoms with Gasteiger partial charge in [-0.3, -0.25) is 38.6 Å². The lowest BCUT2D eigenvalue weighted by atomic mass is 9.99. The zero-order valence-corrected chi connectivity index (χ0v) is 22.6. The number of nitrogens with zero attached hydrogens (tertiary/aromatic N) is 6. The largest absolute Gasteiger partial charge is 0.459 e. The van der Waals surface area contributed by atoms with Gasteiger partial charge in [0.15, 0.2) is 0 Å². The van der Waals surface area contributed by atoms with E-state index in [0.29, 0.717) is 31.9 Å². The summed E-state index contributed by atoms with van der Waals surface area (Å²) in [6.45, 7) is 0.473. The molecule has 3 atom stereocenters. The zero-order chi connectivity index (χ0) is 27.3. The van der Waals surface area contributed by atoms with Gasteiger partial charge in [0.2, 0.25) is 23.7 Å². The summed E-state index contributed by atoms with van der Waals surface area (Å²) in [4.78, 5) is 88.2. The quantitative estimate of drug-likeness (QED) is 0.445. The number of thioether (sulfide) groups is 2. The van der Waals surface area contributed by atoms with E-state index in [4.69, 9.17) is 9.72 Å². The van der Waals surface area contributed by atoms with Gasteiger partial charge in [-0.1, -0.05) is 23.5 Å². The van der Waals surface area contributed by atoms with Crippen molar-refractivity contribution in [2.45, 2.75) is 50.3 Å². The third-order valence-electron chi connectivity index (χ3n) is 7.69. The normalized spacial score (nSPS) is 26.5. The Morgan fingerprint density at radius 2 is 1.69 bits per heavy atom. The molecular formula is C24H26N6O7S2. The summed E-state index contributed by atoms with van der Waals surface area (Å²) in [7, 11) is 0. The summed E-state index contributed by atoms with van der Waals surface area (Å²) in [6, 6.07) is -0.243. The molecule has 0 radical (unpaired) electrons. The van der Waals surface area contributed by atoms with E-state index in [1.165, 1.54) is 0 Å². The van der Waals surface area contributed by atoms with Crippen molar-refractivity contribution in [3.8, 4) is 0 Å². The Morgan fingerprint density at radius 3 is 2.38 bits per heavy atom. The van der Waals surface area contributed by atoms with Gasteiger partial charge in [0.1, 0.15) is 19.2 Å². The molecule has 206 valence electrons. The van der Waals surface area contributed by atoms with E-state index in [1.807, 2.05) is 4.90 Å². The van der Waals surface area contributed by atoms with Crippen molar-refractivity contribution in [1.82, 2.24) is 24.7 Å². The minimum absolute atomic E-state index is 0.0452. The van der Waals surface area contributed by atoms with Crippen molar-refractivity contribution in [3.05, 3.63) is 17.5 Å². The van der Waals surface area contributed by atoms with E-state index in [1.54, 1.807) is 11.1 Å². The lowest BCUT2D eigenvalue weighted by Crippen LogP contribution is -2.48. The summed E-state index contributed by atoms with van der Waals surface area (Å²) in [5.74, 6) is -0.928. The number of carbonyl (C=O) groups excluding carboxylic acids is 6. The number of piperidine rings is 1. The lowest BCUT2D eigenvalue weighted by molar-refractivity contribution is -0.152. The van der Waals surface area contributed by atoms with Gasteiger partial charge in [-0.15, -0.1) is 0 Å². The maximum absolute atomic E-state index is 13.1. The summed E-state index contributed by atoms with van der Waals surface area (Å²) in [5.41, 5.74) is 1.76. The minimum atomic E-state index is -0.616. The molecule has 4 saturated heterocycles. The van der Waals surface area contributed by atoms with Crippen LogP contribution >= 0.6 is 23.5 Å². The molecule has 0 spiro atoms. The highest BCUT2D eigenvalue weighted by molar-refractivity contribution is 8.15. The van der Waals surface area contributed by atoms with Crippen molar-refractivity contribution in [2.75, 3.05) is 42.6 Å². The van der Waals surface area contributed by atoms with Gasteiger partial charge in [-0.05, 0) is 25.7 Å². The first-order chi connectivity index (χ1) is 18.8. The van der Waals surface area contributed by atoms with Crippen LogP contribution in [0.5, 0.6) is 0 Å². The standard InChI is InChI=1S/C24H26N6O7S2/c31-18(9-28-19(32)11-38-23(28)35)30-13-3-4-17(30)15-7-25-22(26-16(15)6-13)27-5-1-2-14(8-27)37-21(34)10-29-20(33)12-39-24(29)36/h7,13-14,17H,1-6,8-12H2/t13-,14+,17-/m0/s1. The second-order valence-corrected chi connectivity index (χ2v) is 11.9. The lowest BCUT2D eigenvalue weighted by Gasteiger charge is -2.37. The molecule has 13 nitrogen and oxygen atoms in total. The first-order valence-corrected chi connectivity index (χ1v) is 14.8. The SMILES string of the molecule is O=C(CN1C(=O)CSC1=O)O[C@@H]1CCCN(c2ncc3c(n2)C[C@@H]2CC[C@@H]3N2C(=O)CN2C(=O)CSC2=O)C1. The fourth-order valence-corrected chi connectivity index (χ4v) is 7.30. The molecule has 1 aromatic heterocycles. The number of anilines is 1. The van der Waals surface area contributed by atoms with Gasteiger partial charge in [0, 0.05) is 30.8 Å². The maximum atomic E-state index is 13.1. The fraction of sp³-hybridized carbons (Fsp3) is 0.583. The van der Waals surface area contributed by atoms with E-state index in [0.717, 1.165) is 63.8 Å². The van der Waals surface area contributed by atoms with Crippen molar-refractivity contribution in [1.29, 1.82) is 0 Å². The molecule has 5 amide bonds. The molecule has 0 aromatic carbocycles. The van der Waals surface area contributed by atoms with Crippen LogP contribution in [-0.2, 0) is 30.3 Å². The molecule has 0 saturated carbocycles. The van der Waals surface area contributed by atoms with E-state index >= 15 is 0 Å². The average Bonchev–Trinajstić information content (AvgIpc) is 3.53. The van der Waals surface area contributed by atoms with Crippen LogP contribution in [0.1, 0.15) is 43.0 Å². The molecule has 6 heterocycles. The molecule has 4 fully saturated rings. The van der Waals surface area contributed by atoms with E-state index in [2.05, 4.69) is 4.98 Å². The number of esters is 1. The number of fused-ring (bicyclic) bond motifs is 4. The highest BCUT2D eigenvalue weighted by Crippen LogP contribution is 2.43. The number of hydrogen-bond donors (Lipinski definition) is 0. The van der Waals surface area contributed by atoms with Crippen LogP contribution in [0.15, 0.2) is 6.20 Å². The van der Waals surface area contributed by atoms with E-state index in [-0.39, 0.29) is 59.6 Å². The Labute approximate surface area is 232 Å². The van der Waals surface area contributed by atoms with Gasteiger partial charge in [0.05, 0.1) is 29.8 Å². The molecule has 0 N–H and O–H groups in total. The van der Waals surface area contributed by atoms with Crippen LogP contribution in [0.2, 0.25) is 0 Å². The number of aromatic nitrogens is 2.